The number of methoxy groups -OCH3 is 2. The molecule has 3 atom stereocenters. The van der Waals surface area contributed by atoms with E-state index in [0.717, 1.165) is 54.6 Å². The molecule has 1 aliphatic carbocycles. The van der Waals surface area contributed by atoms with Crippen LogP contribution in [-0.4, -0.2) is 38.8 Å². The van der Waals surface area contributed by atoms with Gasteiger partial charge in [0.25, 0.3) is 0 Å². The third-order valence-corrected chi connectivity index (χ3v) is 7.52. The molecule has 3 aromatic rings. The molecular formula is C29H32ClNO3. The average Bonchev–Trinajstić information content (AvgIpc) is 3.66. The van der Waals surface area contributed by atoms with E-state index in [0.29, 0.717) is 24.5 Å². The fourth-order valence-electron chi connectivity index (χ4n) is 5.37. The van der Waals surface area contributed by atoms with Crippen LogP contribution in [0.25, 0.3) is 0 Å². The van der Waals surface area contributed by atoms with Crippen molar-refractivity contribution in [3.05, 3.63) is 94.0 Å². The largest absolute Gasteiger partial charge is 0.493 e. The Morgan fingerprint density at radius 1 is 0.941 bits per heavy atom. The molecule has 0 amide bonds. The van der Waals surface area contributed by atoms with Gasteiger partial charge in [-0.2, -0.15) is 0 Å². The molecule has 1 saturated carbocycles. The van der Waals surface area contributed by atoms with E-state index in [9.17, 15) is 0 Å². The molecule has 178 valence electrons. The Bertz CT molecular complexity index is 1120. The average molecular weight is 478 g/mol. The van der Waals surface area contributed by atoms with E-state index in [1.807, 2.05) is 30.3 Å². The van der Waals surface area contributed by atoms with Crippen LogP contribution in [0.1, 0.15) is 40.6 Å². The first-order valence-electron chi connectivity index (χ1n) is 12.0. The van der Waals surface area contributed by atoms with Crippen LogP contribution in [0.15, 0.2) is 66.7 Å². The van der Waals surface area contributed by atoms with Crippen molar-refractivity contribution in [3.63, 3.8) is 0 Å². The molecule has 1 heterocycles. The van der Waals surface area contributed by atoms with Crippen molar-refractivity contribution in [1.29, 1.82) is 0 Å². The Morgan fingerprint density at radius 2 is 1.74 bits per heavy atom. The van der Waals surface area contributed by atoms with Crippen molar-refractivity contribution in [3.8, 4) is 11.5 Å². The summed E-state index contributed by atoms with van der Waals surface area (Å²) in [6, 6.07) is 23.3. The van der Waals surface area contributed by atoms with Gasteiger partial charge >= 0.3 is 0 Å². The minimum Gasteiger partial charge on any atom is -0.493 e. The minimum absolute atomic E-state index is 0.310. The van der Waals surface area contributed by atoms with E-state index < -0.39 is 0 Å². The van der Waals surface area contributed by atoms with Crippen LogP contribution >= 0.6 is 11.6 Å². The SMILES string of the molecule is COCCN1CCc2cc(OC)c(OCc3ccccc3)cc2C1C1CC1c1ccccc1Cl. The lowest BCUT2D eigenvalue weighted by Gasteiger charge is -2.38. The van der Waals surface area contributed by atoms with Crippen LogP contribution < -0.4 is 9.47 Å². The molecule has 0 spiro atoms. The number of halogens is 1. The predicted octanol–water partition coefficient (Wildman–Crippen LogP) is 6.28. The fourth-order valence-corrected chi connectivity index (χ4v) is 5.65. The summed E-state index contributed by atoms with van der Waals surface area (Å²) in [5, 5.41) is 0.871. The highest BCUT2D eigenvalue weighted by Crippen LogP contribution is 2.59. The second-order valence-electron chi connectivity index (χ2n) is 9.23. The molecular weight excluding hydrogens is 446 g/mol. The molecule has 0 bridgehead atoms. The monoisotopic (exact) mass is 477 g/mol. The first kappa shape index (κ1) is 23.2. The number of rotatable bonds is 9. The highest BCUT2D eigenvalue weighted by Gasteiger charge is 2.48. The lowest BCUT2D eigenvalue weighted by atomic mass is 9.88. The van der Waals surface area contributed by atoms with Gasteiger partial charge in [0.1, 0.15) is 6.61 Å². The van der Waals surface area contributed by atoms with E-state index in [1.54, 1.807) is 14.2 Å². The zero-order valence-electron chi connectivity index (χ0n) is 19.9. The second kappa shape index (κ2) is 10.4. The summed E-state index contributed by atoms with van der Waals surface area (Å²) < 4.78 is 17.5. The van der Waals surface area contributed by atoms with Crippen molar-refractivity contribution in [1.82, 2.24) is 4.90 Å². The Hall–Kier alpha value is -2.53. The van der Waals surface area contributed by atoms with E-state index in [1.165, 1.54) is 16.7 Å². The van der Waals surface area contributed by atoms with Crippen molar-refractivity contribution in [2.45, 2.75) is 31.4 Å². The molecule has 34 heavy (non-hydrogen) atoms. The molecule has 0 N–H and O–H groups in total. The Kier molecular flexibility index (Phi) is 7.10. The zero-order chi connectivity index (χ0) is 23.5. The Labute approximate surface area is 207 Å². The predicted molar refractivity (Wildman–Crippen MR) is 136 cm³/mol. The molecule has 5 heteroatoms. The summed E-state index contributed by atoms with van der Waals surface area (Å²) >= 11 is 6.58. The molecule has 3 unspecified atom stereocenters. The van der Waals surface area contributed by atoms with Crippen LogP contribution in [0.3, 0.4) is 0 Å². The first-order chi connectivity index (χ1) is 16.7. The van der Waals surface area contributed by atoms with Gasteiger partial charge < -0.3 is 14.2 Å². The normalized spacial score (nSPS) is 21.7. The summed E-state index contributed by atoms with van der Waals surface area (Å²) in [5.41, 5.74) is 5.11. The van der Waals surface area contributed by atoms with Gasteiger partial charge in [0.2, 0.25) is 0 Å². The van der Waals surface area contributed by atoms with Crippen LogP contribution in [0.4, 0.5) is 0 Å². The molecule has 5 rings (SSSR count). The van der Waals surface area contributed by atoms with Crippen LogP contribution in [0.5, 0.6) is 11.5 Å². The number of hydrogen-bond acceptors (Lipinski definition) is 4. The molecule has 1 aliphatic heterocycles. The molecule has 0 aromatic heterocycles. The van der Waals surface area contributed by atoms with Gasteiger partial charge in [-0.25, -0.2) is 0 Å². The number of fused-ring (bicyclic) bond motifs is 1. The lowest BCUT2D eigenvalue weighted by molar-refractivity contribution is 0.103. The van der Waals surface area contributed by atoms with Gasteiger partial charge in [-0.3, -0.25) is 4.90 Å². The first-order valence-corrected chi connectivity index (χ1v) is 12.4. The van der Waals surface area contributed by atoms with Gasteiger partial charge in [0.05, 0.1) is 13.7 Å². The van der Waals surface area contributed by atoms with Gasteiger partial charge in [-0.05, 0) is 65.1 Å². The van der Waals surface area contributed by atoms with Crippen molar-refractivity contribution in [2.75, 3.05) is 33.9 Å². The topological polar surface area (TPSA) is 30.9 Å². The quantitative estimate of drug-likeness (QED) is 0.363. The third-order valence-electron chi connectivity index (χ3n) is 7.18. The Morgan fingerprint density at radius 3 is 2.50 bits per heavy atom. The molecule has 0 saturated heterocycles. The minimum atomic E-state index is 0.310. The van der Waals surface area contributed by atoms with Crippen molar-refractivity contribution >= 4 is 11.6 Å². The van der Waals surface area contributed by atoms with E-state index in [-0.39, 0.29) is 0 Å². The molecule has 2 aliphatic rings. The van der Waals surface area contributed by atoms with Gasteiger partial charge in [-0.15, -0.1) is 0 Å². The van der Waals surface area contributed by atoms with Crippen LogP contribution in [0.2, 0.25) is 5.02 Å². The Balaban J connectivity index is 1.46. The summed E-state index contributed by atoms with van der Waals surface area (Å²) in [7, 11) is 3.49. The number of ether oxygens (including phenoxy) is 3. The highest BCUT2D eigenvalue weighted by atomic mass is 35.5. The van der Waals surface area contributed by atoms with Crippen molar-refractivity contribution < 1.29 is 14.2 Å². The maximum Gasteiger partial charge on any atom is 0.162 e. The smallest absolute Gasteiger partial charge is 0.162 e. The highest BCUT2D eigenvalue weighted by molar-refractivity contribution is 6.31. The van der Waals surface area contributed by atoms with E-state index in [4.69, 9.17) is 25.8 Å². The van der Waals surface area contributed by atoms with Gasteiger partial charge in [0, 0.05) is 31.3 Å². The number of benzene rings is 3. The molecule has 4 nitrogen and oxygen atoms in total. The van der Waals surface area contributed by atoms with E-state index in [2.05, 4.69) is 41.3 Å². The van der Waals surface area contributed by atoms with Gasteiger partial charge in [-0.1, -0.05) is 60.1 Å². The number of nitrogens with zero attached hydrogens (tertiary/aromatic N) is 1. The molecule has 1 fully saturated rings. The molecule has 0 radical (unpaired) electrons. The zero-order valence-corrected chi connectivity index (χ0v) is 20.6. The summed E-state index contributed by atoms with van der Waals surface area (Å²) in [4.78, 5) is 2.58. The molecule has 3 aromatic carbocycles. The second-order valence-corrected chi connectivity index (χ2v) is 9.63. The summed E-state index contributed by atoms with van der Waals surface area (Å²) in [6.45, 7) is 3.17. The summed E-state index contributed by atoms with van der Waals surface area (Å²) in [5.74, 6) is 2.60. The maximum absolute atomic E-state index is 6.58. The number of hydrogen-bond donors (Lipinski definition) is 0. The van der Waals surface area contributed by atoms with E-state index >= 15 is 0 Å². The third kappa shape index (κ3) is 4.81. The van der Waals surface area contributed by atoms with Crippen LogP contribution in [-0.2, 0) is 17.8 Å². The van der Waals surface area contributed by atoms with Crippen molar-refractivity contribution in [2.24, 2.45) is 5.92 Å². The summed E-state index contributed by atoms with van der Waals surface area (Å²) in [6.07, 6.45) is 2.14. The maximum atomic E-state index is 6.58. The standard InChI is InChI=1S/C29H32ClNO3/c1-32-15-14-31-13-12-21-16-27(33-2)28(34-19-20-8-4-3-5-9-20)18-23(21)29(31)25-17-24(25)22-10-6-7-11-26(22)30/h3-11,16,18,24-25,29H,12-15,17,19H2,1-2H3. The van der Waals surface area contributed by atoms with Crippen LogP contribution in [0, 0.1) is 5.92 Å². The van der Waals surface area contributed by atoms with Gasteiger partial charge in [0.15, 0.2) is 11.5 Å². The fraction of sp³-hybridized carbons (Fsp3) is 0.379. The lowest BCUT2D eigenvalue weighted by Crippen LogP contribution is -2.39.